The molecule has 5 aromatic rings. The molecular formula is C27H21F3N6O2. The van der Waals surface area contributed by atoms with Crippen molar-refractivity contribution in [1.82, 2.24) is 29.5 Å². The molecule has 11 heteroatoms. The molecule has 1 amide bonds. The molecule has 8 nitrogen and oxygen atoms in total. The van der Waals surface area contributed by atoms with Crippen molar-refractivity contribution in [3.8, 4) is 5.75 Å². The molecule has 0 bridgehead atoms. The predicted octanol–water partition coefficient (Wildman–Crippen LogP) is 4.77. The fourth-order valence-electron chi connectivity index (χ4n) is 5.48. The van der Waals surface area contributed by atoms with E-state index in [1.165, 1.54) is 25.4 Å². The van der Waals surface area contributed by atoms with Crippen LogP contribution in [0.15, 0.2) is 55.0 Å². The van der Waals surface area contributed by atoms with Gasteiger partial charge >= 0.3 is 6.55 Å². The molecular weight excluding hydrogens is 497 g/mol. The van der Waals surface area contributed by atoms with E-state index >= 15 is 0 Å². The average Bonchev–Trinajstić information content (AvgIpc) is 3.25. The van der Waals surface area contributed by atoms with Crippen LogP contribution in [-0.4, -0.2) is 43.7 Å². The van der Waals surface area contributed by atoms with Crippen molar-refractivity contribution in [2.24, 2.45) is 0 Å². The molecule has 3 atom stereocenters. The Morgan fingerprint density at radius 1 is 1.13 bits per heavy atom. The third-order valence-electron chi connectivity index (χ3n) is 7.49. The smallest absolute Gasteiger partial charge is 0.333 e. The van der Waals surface area contributed by atoms with Crippen LogP contribution in [0, 0.1) is 5.82 Å². The summed E-state index contributed by atoms with van der Waals surface area (Å²) in [5, 5.41) is 6.49. The fourth-order valence-corrected chi connectivity index (χ4v) is 5.48. The molecule has 0 spiro atoms. The van der Waals surface area contributed by atoms with Gasteiger partial charge in [0.1, 0.15) is 24.0 Å². The molecule has 0 radical (unpaired) electrons. The number of nitrogens with zero attached hydrogens (tertiary/aromatic N) is 5. The zero-order chi connectivity index (χ0) is 26.1. The highest BCUT2D eigenvalue weighted by Crippen LogP contribution is 2.55. The van der Waals surface area contributed by atoms with Crippen LogP contribution < -0.4 is 10.1 Å². The number of hydrogen-bond acceptors (Lipinski definition) is 5. The predicted molar refractivity (Wildman–Crippen MR) is 131 cm³/mol. The first kappa shape index (κ1) is 22.8. The van der Waals surface area contributed by atoms with Crippen LogP contribution >= 0.6 is 0 Å². The van der Waals surface area contributed by atoms with Crippen molar-refractivity contribution < 1.29 is 22.7 Å². The van der Waals surface area contributed by atoms with Gasteiger partial charge in [0.15, 0.2) is 0 Å². The van der Waals surface area contributed by atoms with Crippen molar-refractivity contribution >= 4 is 22.5 Å². The van der Waals surface area contributed by atoms with Gasteiger partial charge in [-0.15, -0.1) is 0 Å². The second kappa shape index (κ2) is 8.30. The Bertz CT molecular complexity index is 1750. The third kappa shape index (κ3) is 3.45. The summed E-state index contributed by atoms with van der Waals surface area (Å²) in [6.07, 6.45) is 5.48. The number of benzene rings is 2. The number of halogens is 3. The highest BCUT2D eigenvalue weighted by atomic mass is 19.3. The molecule has 0 saturated heterocycles. The Balaban J connectivity index is 1.23. The second-order valence-electron chi connectivity index (χ2n) is 9.64. The molecule has 1 fully saturated rings. The van der Waals surface area contributed by atoms with E-state index in [1.54, 1.807) is 18.5 Å². The number of aromatic nitrogens is 5. The summed E-state index contributed by atoms with van der Waals surface area (Å²) in [7, 11) is 1.45. The van der Waals surface area contributed by atoms with E-state index in [0.29, 0.717) is 33.8 Å². The Morgan fingerprint density at radius 2 is 1.97 bits per heavy atom. The number of hydrogen-bond donors (Lipinski definition) is 1. The Kier molecular flexibility index (Phi) is 4.97. The normalized spacial score (nSPS) is 20.2. The highest BCUT2D eigenvalue weighted by molar-refractivity contribution is 5.97. The topological polar surface area (TPSA) is 86.3 Å². The molecule has 1 aliphatic heterocycles. The largest absolute Gasteiger partial charge is 0.492 e. The number of rotatable bonds is 5. The molecule has 1 N–H and O–H groups in total. The van der Waals surface area contributed by atoms with E-state index in [9.17, 15) is 18.0 Å². The molecule has 2 aromatic carbocycles. The van der Waals surface area contributed by atoms with Crippen molar-refractivity contribution in [3.05, 3.63) is 89.0 Å². The fraction of sp³-hybridized carbons (Fsp3) is 0.259. The molecule has 1 saturated carbocycles. The van der Waals surface area contributed by atoms with Crippen LogP contribution in [0.25, 0.3) is 16.6 Å². The van der Waals surface area contributed by atoms with E-state index in [-0.39, 0.29) is 23.3 Å². The summed E-state index contributed by atoms with van der Waals surface area (Å²) < 4.78 is 49.0. The lowest BCUT2D eigenvalue weighted by atomic mass is 9.97. The monoisotopic (exact) mass is 518 g/mol. The minimum absolute atomic E-state index is 0.0703. The lowest BCUT2D eigenvalue weighted by Gasteiger charge is -2.12. The third-order valence-corrected chi connectivity index (χ3v) is 7.49. The Labute approximate surface area is 214 Å². The van der Waals surface area contributed by atoms with Gasteiger partial charge in [-0.25, -0.2) is 14.1 Å². The first-order valence-electron chi connectivity index (χ1n) is 12.2. The van der Waals surface area contributed by atoms with E-state index < -0.39 is 18.3 Å². The van der Waals surface area contributed by atoms with Crippen molar-refractivity contribution in [2.45, 2.75) is 30.7 Å². The zero-order valence-corrected chi connectivity index (χ0v) is 20.1. The van der Waals surface area contributed by atoms with Gasteiger partial charge in [-0.1, -0.05) is 12.1 Å². The number of carbonyl (C=O) groups excluding carboxylic acids is 1. The van der Waals surface area contributed by atoms with E-state index in [2.05, 4.69) is 20.4 Å². The lowest BCUT2D eigenvalue weighted by Crippen LogP contribution is -2.19. The van der Waals surface area contributed by atoms with Crippen LogP contribution in [0.4, 0.5) is 13.2 Å². The maximum Gasteiger partial charge on any atom is 0.333 e. The van der Waals surface area contributed by atoms with Gasteiger partial charge in [-0.05, 0) is 36.1 Å². The van der Waals surface area contributed by atoms with Gasteiger partial charge in [0.05, 0.1) is 46.1 Å². The van der Waals surface area contributed by atoms with Gasteiger partial charge in [-0.3, -0.25) is 14.2 Å². The van der Waals surface area contributed by atoms with Crippen molar-refractivity contribution in [1.29, 1.82) is 0 Å². The first-order chi connectivity index (χ1) is 18.4. The second-order valence-corrected chi connectivity index (χ2v) is 9.64. The van der Waals surface area contributed by atoms with Crippen LogP contribution in [0.5, 0.6) is 5.75 Å². The minimum atomic E-state index is -2.65. The molecule has 1 aliphatic carbocycles. The Hall–Kier alpha value is -4.41. The summed E-state index contributed by atoms with van der Waals surface area (Å²) in [6, 6.07) is 10.5. The minimum Gasteiger partial charge on any atom is -0.492 e. The number of nitrogens with one attached hydrogen (secondary N) is 1. The van der Waals surface area contributed by atoms with Crippen LogP contribution in [0.2, 0.25) is 0 Å². The van der Waals surface area contributed by atoms with E-state index in [0.717, 1.165) is 28.8 Å². The summed E-state index contributed by atoms with van der Waals surface area (Å²) in [6.45, 7) is -2.27. The van der Waals surface area contributed by atoms with Gasteiger partial charge in [0, 0.05) is 30.8 Å². The quantitative estimate of drug-likeness (QED) is 0.362. The van der Waals surface area contributed by atoms with Crippen molar-refractivity contribution in [2.75, 3.05) is 13.7 Å². The molecule has 38 heavy (non-hydrogen) atoms. The maximum atomic E-state index is 14.6. The molecule has 2 aliphatic rings. The molecule has 7 rings (SSSR count). The number of imidazole rings is 1. The van der Waals surface area contributed by atoms with Gasteiger partial charge in [-0.2, -0.15) is 13.9 Å². The summed E-state index contributed by atoms with van der Waals surface area (Å²) in [4.78, 5) is 21.2. The maximum absolute atomic E-state index is 14.6. The molecule has 192 valence electrons. The van der Waals surface area contributed by atoms with Gasteiger partial charge in [0.25, 0.3) is 5.91 Å². The zero-order valence-electron chi connectivity index (χ0n) is 20.1. The molecule has 4 heterocycles. The summed E-state index contributed by atoms with van der Waals surface area (Å²) in [5.74, 6) is 0.409. The number of alkyl halides is 2. The first-order valence-corrected chi connectivity index (χ1v) is 12.2. The SMILES string of the molecule is CNC(=O)c1cc2c(cc1F)ncc1cnc([C@H]3COc4cc([C@@H]5C[C@H]5c5ccn(C(F)F)n5)ccc43)n12. The lowest BCUT2D eigenvalue weighted by molar-refractivity contribution is 0.0561. The van der Waals surface area contributed by atoms with Gasteiger partial charge < -0.3 is 10.1 Å². The van der Waals surface area contributed by atoms with Gasteiger partial charge in [0.2, 0.25) is 0 Å². The number of carbonyl (C=O) groups is 1. The van der Waals surface area contributed by atoms with E-state index in [1.807, 2.05) is 22.6 Å². The van der Waals surface area contributed by atoms with Crippen LogP contribution in [-0.2, 0) is 0 Å². The average molecular weight is 518 g/mol. The number of fused-ring (bicyclic) bond motifs is 4. The number of ether oxygens (including phenoxy) is 1. The number of amides is 1. The summed E-state index contributed by atoms with van der Waals surface area (Å²) in [5.41, 5.74) is 4.35. The van der Waals surface area contributed by atoms with Crippen molar-refractivity contribution in [3.63, 3.8) is 0 Å². The van der Waals surface area contributed by atoms with Crippen LogP contribution in [0.3, 0.4) is 0 Å². The molecule has 0 unspecified atom stereocenters. The standard InChI is InChI=1S/C27H21F3N6O2/c1-31-26(37)18-8-23-22(9-20(18)28)32-10-14-11-33-25(36(14)23)19-12-38-24-6-13(2-3-15(19)24)16-7-17(16)21-4-5-35(34-21)27(29)30/h2-6,8-11,16-17,19,27H,7,12H2,1H3,(H,31,37)/t16-,17+,19-/m0/s1. The van der Waals surface area contributed by atoms with Crippen LogP contribution in [0.1, 0.15) is 63.7 Å². The summed E-state index contributed by atoms with van der Waals surface area (Å²) >= 11 is 0. The Morgan fingerprint density at radius 3 is 2.76 bits per heavy atom. The highest BCUT2D eigenvalue weighted by Gasteiger charge is 2.42. The van der Waals surface area contributed by atoms with E-state index in [4.69, 9.17) is 4.74 Å². The molecule has 3 aromatic heterocycles.